The maximum absolute atomic E-state index is 5.68. The van der Waals surface area contributed by atoms with Crippen molar-refractivity contribution in [2.75, 3.05) is 12.8 Å². The predicted molar refractivity (Wildman–Crippen MR) is 55.8 cm³/mol. The maximum Gasteiger partial charge on any atom is 0.0947 e. The van der Waals surface area contributed by atoms with Gasteiger partial charge in [-0.15, -0.1) is 0 Å². The number of nitrogens with zero attached hydrogens (tertiary/aromatic N) is 2. The zero-order valence-corrected chi connectivity index (χ0v) is 8.32. The number of aromatic nitrogens is 2. The van der Waals surface area contributed by atoms with Crippen LogP contribution in [0.2, 0.25) is 0 Å². The minimum absolute atomic E-state index is 0.566. The lowest BCUT2D eigenvalue weighted by molar-refractivity contribution is 0.179. The van der Waals surface area contributed by atoms with Crippen molar-refractivity contribution in [1.82, 2.24) is 9.78 Å². The van der Waals surface area contributed by atoms with Crippen LogP contribution in [0.3, 0.4) is 0 Å². The van der Waals surface area contributed by atoms with Crippen LogP contribution >= 0.6 is 0 Å². The van der Waals surface area contributed by atoms with Crippen LogP contribution in [-0.2, 0) is 18.4 Å². The first kappa shape index (κ1) is 9.02. The zero-order chi connectivity index (χ0) is 10.1. The monoisotopic (exact) mass is 191 g/mol. The number of benzene rings is 1. The molecule has 2 aromatic rings. The third-order valence-corrected chi connectivity index (χ3v) is 2.26. The molecule has 0 aliphatic rings. The van der Waals surface area contributed by atoms with Gasteiger partial charge in [-0.05, 0) is 18.2 Å². The second-order valence-corrected chi connectivity index (χ2v) is 3.28. The largest absolute Gasteiger partial charge is 0.399 e. The molecule has 0 saturated heterocycles. The van der Waals surface area contributed by atoms with E-state index in [-0.39, 0.29) is 0 Å². The lowest BCUT2D eigenvalue weighted by Crippen LogP contribution is -1.99. The average molecular weight is 191 g/mol. The van der Waals surface area contributed by atoms with Crippen LogP contribution < -0.4 is 5.73 Å². The first-order chi connectivity index (χ1) is 6.72. The van der Waals surface area contributed by atoms with E-state index >= 15 is 0 Å². The van der Waals surface area contributed by atoms with Gasteiger partial charge in [0.1, 0.15) is 0 Å². The summed E-state index contributed by atoms with van der Waals surface area (Å²) in [5.74, 6) is 0. The fraction of sp³-hybridized carbons (Fsp3) is 0.300. The Balaban J connectivity index is 2.64. The molecule has 1 aromatic carbocycles. The molecule has 2 N–H and O–H groups in total. The van der Waals surface area contributed by atoms with Crippen molar-refractivity contribution in [3.05, 3.63) is 23.9 Å². The molecule has 0 fully saturated rings. The summed E-state index contributed by atoms with van der Waals surface area (Å²) in [6.07, 6.45) is 0. The number of ether oxygens (including phenoxy) is 1. The molecule has 0 amide bonds. The highest BCUT2D eigenvalue weighted by molar-refractivity contribution is 5.84. The van der Waals surface area contributed by atoms with E-state index in [0.717, 1.165) is 22.3 Å². The lowest BCUT2D eigenvalue weighted by Gasteiger charge is -1.99. The molecule has 0 unspecified atom stereocenters. The number of fused-ring (bicyclic) bond motifs is 1. The highest BCUT2D eigenvalue weighted by Crippen LogP contribution is 2.20. The molecule has 0 spiro atoms. The van der Waals surface area contributed by atoms with Crippen LogP contribution in [0.15, 0.2) is 18.2 Å². The van der Waals surface area contributed by atoms with E-state index < -0.39 is 0 Å². The van der Waals surface area contributed by atoms with Crippen LogP contribution in [-0.4, -0.2) is 16.9 Å². The first-order valence-corrected chi connectivity index (χ1v) is 4.42. The number of methoxy groups -OCH3 is 1. The lowest BCUT2D eigenvalue weighted by atomic mass is 10.2. The van der Waals surface area contributed by atoms with E-state index in [9.17, 15) is 0 Å². The third kappa shape index (κ3) is 1.33. The molecule has 1 aromatic heterocycles. The molecule has 0 bridgehead atoms. The van der Waals surface area contributed by atoms with E-state index in [2.05, 4.69) is 5.10 Å². The van der Waals surface area contributed by atoms with Gasteiger partial charge in [-0.3, -0.25) is 4.68 Å². The van der Waals surface area contributed by atoms with Crippen molar-refractivity contribution in [2.24, 2.45) is 7.05 Å². The summed E-state index contributed by atoms with van der Waals surface area (Å²) in [7, 11) is 3.58. The number of hydrogen-bond donors (Lipinski definition) is 1. The number of rotatable bonds is 2. The minimum atomic E-state index is 0.566. The molecule has 0 atom stereocenters. The molecule has 4 heteroatoms. The van der Waals surface area contributed by atoms with Crippen molar-refractivity contribution in [3.63, 3.8) is 0 Å². The van der Waals surface area contributed by atoms with E-state index in [1.165, 1.54) is 0 Å². The van der Waals surface area contributed by atoms with Gasteiger partial charge in [0, 0.05) is 25.2 Å². The molecule has 1 heterocycles. The second kappa shape index (κ2) is 3.31. The van der Waals surface area contributed by atoms with E-state index in [1.807, 2.05) is 29.9 Å². The molecule has 0 saturated carbocycles. The number of nitrogens with two attached hydrogens (primary N) is 1. The van der Waals surface area contributed by atoms with Gasteiger partial charge in [-0.1, -0.05) is 0 Å². The van der Waals surface area contributed by atoms with Gasteiger partial charge < -0.3 is 10.5 Å². The van der Waals surface area contributed by atoms with E-state index in [4.69, 9.17) is 10.5 Å². The summed E-state index contributed by atoms with van der Waals surface area (Å²) in [5.41, 5.74) is 8.40. The second-order valence-electron chi connectivity index (χ2n) is 3.28. The molecule has 14 heavy (non-hydrogen) atoms. The predicted octanol–water partition coefficient (Wildman–Crippen LogP) is 1.30. The average Bonchev–Trinajstić information content (AvgIpc) is 2.43. The van der Waals surface area contributed by atoms with Gasteiger partial charge >= 0.3 is 0 Å². The summed E-state index contributed by atoms with van der Waals surface area (Å²) < 4.78 is 6.94. The molecular formula is C10H13N3O. The Morgan fingerprint density at radius 2 is 2.29 bits per heavy atom. The standard InChI is InChI=1S/C10H13N3O/c1-13-10(6-14-2)8-4-3-7(11)5-9(8)12-13/h3-5H,6,11H2,1-2H3. The van der Waals surface area contributed by atoms with Crippen LogP contribution in [0, 0.1) is 0 Å². The Hall–Kier alpha value is -1.55. The van der Waals surface area contributed by atoms with Gasteiger partial charge in [0.25, 0.3) is 0 Å². The molecule has 2 rings (SSSR count). The van der Waals surface area contributed by atoms with Crippen LogP contribution in [0.1, 0.15) is 5.69 Å². The number of hydrogen-bond acceptors (Lipinski definition) is 3. The van der Waals surface area contributed by atoms with Crippen molar-refractivity contribution >= 4 is 16.6 Å². The van der Waals surface area contributed by atoms with Gasteiger partial charge in [0.15, 0.2) is 0 Å². The SMILES string of the molecule is COCc1c2ccc(N)cc2nn1C. The maximum atomic E-state index is 5.68. The van der Waals surface area contributed by atoms with E-state index in [1.54, 1.807) is 7.11 Å². The zero-order valence-electron chi connectivity index (χ0n) is 8.32. The fourth-order valence-electron chi connectivity index (χ4n) is 1.58. The topological polar surface area (TPSA) is 53.1 Å². The number of nitrogen functional groups attached to an aromatic ring is 1. The summed E-state index contributed by atoms with van der Waals surface area (Å²) >= 11 is 0. The van der Waals surface area contributed by atoms with Crippen molar-refractivity contribution in [2.45, 2.75) is 6.61 Å². The number of anilines is 1. The highest BCUT2D eigenvalue weighted by Gasteiger charge is 2.07. The van der Waals surface area contributed by atoms with E-state index in [0.29, 0.717) is 6.61 Å². The van der Waals surface area contributed by atoms with Crippen LogP contribution in [0.4, 0.5) is 5.69 Å². The van der Waals surface area contributed by atoms with Gasteiger partial charge in [-0.25, -0.2) is 0 Å². The molecule has 0 aliphatic heterocycles. The quantitative estimate of drug-likeness (QED) is 0.728. The Labute approximate surface area is 82.3 Å². The Morgan fingerprint density at radius 1 is 1.50 bits per heavy atom. The smallest absolute Gasteiger partial charge is 0.0947 e. The summed E-state index contributed by atoms with van der Waals surface area (Å²) in [6, 6.07) is 5.73. The molecule has 74 valence electrons. The Morgan fingerprint density at radius 3 is 3.00 bits per heavy atom. The van der Waals surface area contributed by atoms with Crippen LogP contribution in [0.5, 0.6) is 0 Å². The van der Waals surface area contributed by atoms with Gasteiger partial charge in [0.05, 0.1) is 17.8 Å². The molecular weight excluding hydrogens is 178 g/mol. The van der Waals surface area contributed by atoms with Gasteiger partial charge in [0.2, 0.25) is 0 Å². The fourth-order valence-corrected chi connectivity index (χ4v) is 1.58. The Kier molecular flexibility index (Phi) is 2.13. The Bertz CT molecular complexity index is 462. The van der Waals surface area contributed by atoms with Crippen molar-refractivity contribution in [1.29, 1.82) is 0 Å². The molecule has 4 nitrogen and oxygen atoms in total. The van der Waals surface area contributed by atoms with Gasteiger partial charge in [-0.2, -0.15) is 5.10 Å². The highest BCUT2D eigenvalue weighted by atomic mass is 16.5. The third-order valence-electron chi connectivity index (χ3n) is 2.26. The molecule has 0 radical (unpaired) electrons. The van der Waals surface area contributed by atoms with Crippen LogP contribution in [0.25, 0.3) is 10.9 Å². The minimum Gasteiger partial charge on any atom is -0.399 e. The van der Waals surface area contributed by atoms with Crippen molar-refractivity contribution < 1.29 is 4.74 Å². The van der Waals surface area contributed by atoms with Crippen molar-refractivity contribution in [3.8, 4) is 0 Å². The normalized spacial score (nSPS) is 11.0. The molecule has 0 aliphatic carbocycles. The first-order valence-electron chi connectivity index (χ1n) is 4.42. The summed E-state index contributed by atoms with van der Waals surface area (Å²) in [6.45, 7) is 0.566. The summed E-state index contributed by atoms with van der Waals surface area (Å²) in [4.78, 5) is 0. The number of aryl methyl sites for hydroxylation is 1. The summed E-state index contributed by atoms with van der Waals surface area (Å²) in [5, 5.41) is 5.45.